The van der Waals surface area contributed by atoms with Crippen molar-refractivity contribution >= 4 is 11.8 Å². The van der Waals surface area contributed by atoms with Gasteiger partial charge in [0.1, 0.15) is 5.75 Å². The number of amides is 2. The second-order valence-electron chi connectivity index (χ2n) is 2.93. The first kappa shape index (κ1) is 11.0. The van der Waals surface area contributed by atoms with Gasteiger partial charge in [-0.25, -0.2) is 0 Å². The molecule has 15 heavy (non-hydrogen) atoms. The second kappa shape index (κ2) is 4.99. The van der Waals surface area contributed by atoms with E-state index in [-0.39, 0.29) is 13.0 Å². The van der Waals surface area contributed by atoms with E-state index in [9.17, 15) is 9.59 Å². The summed E-state index contributed by atoms with van der Waals surface area (Å²) >= 11 is 0. The minimum Gasteiger partial charge on any atom is -0.492 e. The molecule has 5 heteroatoms. The highest BCUT2D eigenvalue weighted by atomic mass is 16.5. The Balaban J connectivity index is 2.67. The first-order chi connectivity index (χ1) is 7.11. The van der Waals surface area contributed by atoms with Gasteiger partial charge < -0.3 is 16.2 Å². The third-order valence-electron chi connectivity index (χ3n) is 1.76. The highest BCUT2D eigenvalue weighted by Gasteiger charge is 2.07. The highest BCUT2D eigenvalue weighted by molar-refractivity contribution is 5.95. The molecule has 1 rings (SSSR count). The molecule has 5 nitrogen and oxygen atoms in total. The molecule has 0 aliphatic rings. The van der Waals surface area contributed by atoms with Crippen LogP contribution in [0.3, 0.4) is 0 Å². The fourth-order valence-electron chi connectivity index (χ4n) is 1.06. The summed E-state index contributed by atoms with van der Waals surface area (Å²) in [4.78, 5) is 21.4. The monoisotopic (exact) mass is 208 g/mol. The summed E-state index contributed by atoms with van der Waals surface area (Å²) in [7, 11) is 0. The Kier molecular flexibility index (Phi) is 3.68. The molecule has 1 aromatic rings. The molecule has 0 fully saturated rings. The van der Waals surface area contributed by atoms with Gasteiger partial charge in [-0.1, -0.05) is 12.1 Å². The molecular weight excluding hydrogens is 196 g/mol. The minimum absolute atomic E-state index is 0.104. The van der Waals surface area contributed by atoms with Crippen LogP contribution in [0.4, 0.5) is 0 Å². The number of nitrogens with two attached hydrogens (primary N) is 2. The summed E-state index contributed by atoms with van der Waals surface area (Å²) < 4.78 is 5.21. The lowest BCUT2D eigenvalue weighted by Crippen LogP contribution is -2.17. The third kappa shape index (κ3) is 3.30. The van der Waals surface area contributed by atoms with Gasteiger partial charge in [-0.2, -0.15) is 0 Å². The normalized spacial score (nSPS) is 9.60. The van der Waals surface area contributed by atoms with Crippen LogP contribution in [0.15, 0.2) is 24.3 Å². The van der Waals surface area contributed by atoms with E-state index in [1.54, 1.807) is 24.3 Å². The molecule has 0 unspecified atom stereocenters. The summed E-state index contributed by atoms with van der Waals surface area (Å²) in [6.07, 6.45) is 0.104. The molecule has 2 amide bonds. The summed E-state index contributed by atoms with van der Waals surface area (Å²) in [6, 6.07) is 6.57. The van der Waals surface area contributed by atoms with Gasteiger partial charge in [0.25, 0.3) is 5.91 Å². The van der Waals surface area contributed by atoms with Crippen LogP contribution in [0.25, 0.3) is 0 Å². The molecule has 0 bridgehead atoms. The summed E-state index contributed by atoms with van der Waals surface area (Å²) in [5.74, 6) is -0.650. The Hall–Kier alpha value is -2.04. The number of hydrogen-bond acceptors (Lipinski definition) is 3. The van der Waals surface area contributed by atoms with Crippen molar-refractivity contribution < 1.29 is 14.3 Å². The van der Waals surface area contributed by atoms with Crippen LogP contribution in [0.2, 0.25) is 0 Å². The van der Waals surface area contributed by atoms with Gasteiger partial charge in [-0.15, -0.1) is 0 Å². The van der Waals surface area contributed by atoms with Crippen LogP contribution in [0, 0.1) is 0 Å². The third-order valence-corrected chi connectivity index (χ3v) is 1.76. The smallest absolute Gasteiger partial charge is 0.252 e. The van der Waals surface area contributed by atoms with Crippen molar-refractivity contribution in [3.63, 3.8) is 0 Å². The van der Waals surface area contributed by atoms with E-state index >= 15 is 0 Å². The molecule has 0 aliphatic carbocycles. The second-order valence-corrected chi connectivity index (χ2v) is 2.93. The first-order valence-electron chi connectivity index (χ1n) is 4.41. The van der Waals surface area contributed by atoms with Crippen LogP contribution in [-0.2, 0) is 4.79 Å². The zero-order valence-corrected chi connectivity index (χ0v) is 8.10. The van der Waals surface area contributed by atoms with E-state index in [0.717, 1.165) is 0 Å². The minimum atomic E-state index is -0.565. The Morgan fingerprint density at radius 1 is 1.20 bits per heavy atom. The maximum Gasteiger partial charge on any atom is 0.252 e. The van der Waals surface area contributed by atoms with Gasteiger partial charge in [0.2, 0.25) is 5.91 Å². The molecule has 0 saturated carbocycles. The van der Waals surface area contributed by atoms with Crippen molar-refractivity contribution in [2.75, 3.05) is 6.61 Å². The van der Waals surface area contributed by atoms with Gasteiger partial charge in [-0.05, 0) is 12.1 Å². The number of rotatable bonds is 5. The van der Waals surface area contributed by atoms with Gasteiger partial charge in [0.05, 0.1) is 18.6 Å². The summed E-state index contributed by atoms with van der Waals surface area (Å²) in [5, 5.41) is 0. The molecule has 1 aromatic carbocycles. The largest absolute Gasteiger partial charge is 0.492 e. The standard InChI is InChI=1S/C10H12N2O3/c11-9(13)5-6-15-8-4-2-1-3-7(8)10(12)14/h1-4H,5-6H2,(H2,11,13)(H2,12,14). The molecule has 0 aromatic heterocycles. The molecule has 80 valence electrons. The SMILES string of the molecule is NC(=O)CCOc1ccccc1C(N)=O. The fourth-order valence-corrected chi connectivity index (χ4v) is 1.06. The van der Waals surface area contributed by atoms with E-state index in [4.69, 9.17) is 16.2 Å². The molecule has 0 saturated heterocycles. The summed E-state index contributed by atoms with van der Waals surface area (Å²) in [5.41, 5.74) is 10.4. The van der Waals surface area contributed by atoms with E-state index in [1.807, 2.05) is 0 Å². The molecular formula is C10H12N2O3. The lowest BCUT2D eigenvalue weighted by molar-refractivity contribution is -0.118. The Labute approximate surface area is 87.0 Å². The number of carbonyl (C=O) groups excluding carboxylic acids is 2. The van der Waals surface area contributed by atoms with E-state index in [1.165, 1.54) is 0 Å². The molecule has 0 radical (unpaired) electrons. The van der Waals surface area contributed by atoms with Crippen LogP contribution >= 0.6 is 0 Å². The fraction of sp³-hybridized carbons (Fsp3) is 0.200. The highest BCUT2D eigenvalue weighted by Crippen LogP contribution is 2.17. The molecule has 0 spiro atoms. The van der Waals surface area contributed by atoms with Gasteiger partial charge in [0, 0.05) is 0 Å². The molecule has 0 atom stereocenters. The number of ether oxygens (including phenoxy) is 1. The topological polar surface area (TPSA) is 95.4 Å². The average Bonchev–Trinajstić information content (AvgIpc) is 2.17. The number of benzene rings is 1. The van der Waals surface area contributed by atoms with Gasteiger partial charge in [-0.3, -0.25) is 9.59 Å². The lowest BCUT2D eigenvalue weighted by atomic mass is 10.2. The van der Waals surface area contributed by atoms with Gasteiger partial charge >= 0.3 is 0 Å². The lowest BCUT2D eigenvalue weighted by Gasteiger charge is -2.07. The number of para-hydroxylation sites is 1. The van der Waals surface area contributed by atoms with Crippen LogP contribution in [0.1, 0.15) is 16.8 Å². The molecule has 0 aliphatic heterocycles. The van der Waals surface area contributed by atoms with E-state index in [2.05, 4.69) is 0 Å². The molecule has 4 N–H and O–H groups in total. The van der Waals surface area contributed by atoms with Crippen molar-refractivity contribution in [1.82, 2.24) is 0 Å². The summed E-state index contributed by atoms with van der Waals surface area (Å²) in [6.45, 7) is 0.139. The predicted octanol–water partition coefficient (Wildman–Crippen LogP) is 0.0397. The Morgan fingerprint density at radius 2 is 1.87 bits per heavy atom. The quantitative estimate of drug-likeness (QED) is 0.715. The Bertz CT molecular complexity index is 377. The van der Waals surface area contributed by atoms with Crippen molar-refractivity contribution in [3.05, 3.63) is 29.8 Å². The van der Waals surface area contributed by atoms with E-state index < -0.39 is 11.8 Å². The van der Waals surface area contributed by atoms with Crippen LogP contribution in [-0.4, -0.2) is 18.4 Å². The van der Waals surface area contributed by atoms with Crippen molar-refractivity contribution in [2.24, 2.45) is 11.5 Å². The van der Waals surface area contributed by atoms with Crippen molar-refractivity contribution in [1.29, 1.82) is 0 Å². The zero-order valence-electron chi connectivity index (χ0n) is 8.10. The van der Waals surface area contributed by atoms with Crippen molar-refractivity contribution in [2.45, 2.75) is 6.42 Å². The van der Waals surface area contributed by atoms with Gasteiger partial charge in [0.15, 0.2) is 0 Å². The average molecular weight is 208 g/mol. The van der Waals surface area contributed by atoms with Crippen molar-refractivity contribution in [3.8, 4) is 5.75 Å². The Morgan fingerprint density at radius 3 is 2.47 bits per heavy atom. The predicted molar refractivity (Wildman–Crippen MR) is 54.3 cm³/mol. The maximum atomic E-state index is 11.0. The molecule has 0 heterocycles. The van der Waals surface area contributed by atoms with E-state index in [0.29, 0.717) is 11.3 Å². The first-order valence-corrected chi connectivity index (χ1v) is 4.41. The number of hydrogen-bond donors (Lipinski definition) is 2. The number of primary amides is 2. The zero-order chi connectivity index (χ0) is 11.3. The van der Waals surface area contributed by atoms with Crippen LogP contribution < -0.4 is 16.2 Å². The number of carbonyl (C=O) groups is 2. The maximum absolute atomic E-state index is 11.0. The van der Waals surface area contributed by atoms with Crippen LogP contribution in [0.5, 0.6) is 5.75 Å².